The quantitative estimate of drug-likeness (QED) is 0.197. The Balaban J connectivity index is 0.000000153. The van der Waals surface area contributed by atoms with E-state index in [0.29, 0.717) is 25.6 Å². The third-order valence-corrected chi connectivity index (χ3v) is 12.0. The van der Waals surface area contributed by atoms with Crippen LogP contribution in [0, 0.1) is 13.8 Å². The van der Waals surface area contributed by atoms with E-state index in [1.165, 1.54) is 0 Å². The number of ether oxygens (including phenoxy) is 9. The standard InChI is InChI=1S/C26H28O5.C23H24O5/c1-6-11-28-25-17-7-8-19-16(9-10-26(3,4)31-19)24(17)30-22-14-29-21-12-15(2)20(27-5)13-18(21)23(22)25;1-12-9-18-15(10-17(12)25-4)20-19(11-26-18)27-22-13-7-8-23(2,3)28-16(13)6-5-14(22)21(20)24/h6-10,12-13,22-23,25H,1,11,14H2,2-5H3;5-10,19-21,24H,11H2,1-4H3/t22-,23+,25-;19-,20+,21-/m11/s1. The molecule has 0 bridgehead atoms. The van der Waals surface area contributed by atoms with Gasteiger partial charge < -0.3 is 47.7 Å². The van der Waals surface area contributed by atoms with Gasteiger partial charge in [0, 0.05) is 22.3 Å². The minimum absolute atomic E-state index is 0.0197. The van der Waals surface area contributed by atoms with Crippen LogP contribution >= 0.6 is 0 Å². The zero-order valence-electron chi connectivity index (χ0n) is 34.9. The molecule has 10 heteroatoms. The van der Waals surface area contributed by atoms with Crippen LogP contribution < -0.4 is 37.9 Å². The molecule has 6 aliphatic rings. The molecule has 0 saturated carbocycles. The van der Waals surface area contributed by atoms with Crippen LogP contribution in [0.2, 0.25) is 0 Å². The summed E-state index contributed by atoms with van der Waals surface area (Å²) in [5.74, 6) is 6.12. The molecule has 308 valence electrons. The van der Waals surface area contributed by atoms with E-state index in [1.54, 1.807) is 20.3 Å². The van der Waals surface area contributed by atoms with Crippen LogP contribution in [0.3, 0.4) is 0 Å². The van der Waals surface area contributed by atoms with Crippen molar-refractivity contribution in [2.24, 2.45) is 0 Å². The van der Waals surface area contributed by atoms with Crippen molar-refractivity contribution in [3.8, 4) is 46.0 Å². The van der Waals surface area contributed by atoms with E-state index in [9.17, 15) is 5.11 Å². The molecular formula is C49H52O10. The number of fused-ring (bicyclic) bond motifs is 12. The van der Waals surface area contributed by atoms with Gasteiger partial charge in [0.1, 0.15) is 82.6 Å². The molecule has 6 heterocycles. The number of aryl methyl sites for hydroxylation is 2. The summed E-state index contributed by atoms with van der Waals surface area (Å²) in [6.45, 7) is 17.2. The van der Waals surface area contributed by atoms with Crippen molar-refractivity contribution in [3.63, 3.8) is 0 Å². The summed E-state index contributed by atoms with van der Waals surface area (Å²) in [6.07, 6.45) is 8.61. The lowest BCUT2D eigenvalue weighted by Gasteiger charge is -2.43. The van der Waals surface area contributed by atoms with Gasteiger partial charge >= 0.3 is 0 Å². The van der Waals surface area contributed by atoms with Gasteiger partial charge in [0.15, 0.2) is 0 Å². The maximum atomic E-state index is 11.3. The summed E-state index contributed by atoms with van der Waals surface area (Å²) < 4.78 is 54.7. The Morgan fingerprint density at radius 3 is 1.69 bits per heavy atom. The average Bonchev–Trinajstić information content (AvgIpc) is 3.20. The van der Waals surface area contributed by atoms with E-state index in [1.807, 2.05) is 90.1 Å². The predicted octanol–water partition coefficient (Wildman–Crippen LogP) is 9.53. The Kier molecular flexibility index (Phi) is 9.63. The highest BCUT2D eigenvalue weighted by atomic mass is 16.6. The summed E-state index contributed by atoms with van der Waals surface area (Å²) >= 11 is 0. The van der Waals surface area contributed by atoms with Crippen LogP contribution in [0.25, 0.3) is 12.2 Å². The van der Waals surface area contributed by atoms with Crippen LogP contribution in [-0.4, -0.2) is 62.6 Å². The lowest BCUT2D eigenvalue weighted by Crippen LogP contribution is -2.43. The molecule has 1 N–H and O–H groups in total. The van der Waals surface area contributed by atoms with Crippen molar-refractivity contribution in [1.82, 2.24) is 0 Å². The lowest BCUT2D eigenvalue weighted by molar-refractivity contribution is -0.0318. The molecule has 0 unspecified atom stereocenters. The molecule has 4 aromatic carbocycles. The molecule has 0 aromatic heterocycles. The maximum Gasteiger partial charge on any atom is 0.142 e. The Morgan fingerprint density at radius 1 is 0.678 bits per heavy atom. The van der Waals surface area contributed by atoms with E-state index < -0.39 is 6.10 Å². The van der Waals surface area contributed by atoms with Crippen LogP contribution in [0.5, 0.6) is 46.0 Å². The minimum atomic E-state index is -0.697. The van der Waals surface area contributed by atoms with Gasteiger partial charge in [-0.1, -0.05) is 6.08 Å². The van der Waals surface area contributed by atoms with Gasteiger partial charge in [-0.3, -0.25) is 0 Å². The second-order valence-electron chi connectivity index (χ2n) is 17.1. The van der Waals surface area contributed by atoms with Gasteiger partial charge in [0.2, 0.25) is 0 Å². The van der Waals surface area contributed by atoms with Gasteiger partial charge in [0.05, 0.1) is 56.0 Å². The fourth-order valence-electron chi connectivity index (χ4n) is 9.13. The first-order valence-electron chi connectivity index (χ1n) is 20.3. The lowest BCUT2D eigenvalue weighted by atomic mass is 9.79. The molecule has 0 fully saturated rings. The molecule has 0 aliphatic carbocycles. The molecular weight excluding hydrogens is 749 g/mol. The minimum Gasteiger partial charge on any atom is -0.496 e. The van der Waals surface area contributed by atoms with Crippen molar-refractivity contribution < 1.29 is 47.7 Å². The van der Waals surface area contributed by atoms with Gasteiger partial charge in [-0.05, 0) is 126 Å². The number of aliphatic hydroxyl groups excluding tert-OH is 1. The highest BCUT2D eigenvalue weighted by molar-refractivity contribution is 5.72. The summed E-state index contributed by atoms with van der Waals surface area (Å²) in [7, 11) is 3.34. The topological polar surface area (TPSA) is 103 Å². The highest BCUT2D eigenvalue weighted by Crippen LogP contribution is 2.55. The fourth-order valence-corrected chi connectivity index (χ4v) is 9.13. The van der Waals surface area contributed by atoms with Crippen molar-refractivity contribution in [3.05, 3.63) is 118 Å². The molecule has 0 spiro atoms. The number of aliphatic hydroxyl groups is 1. The first-order valence-corrected chi connectivity index (χ1v) is 20.3. The van der Waals surface area contributed by atoms with Gasteiger partial charge in [0.25, 0.3) is 0 Å². The SMILES string of the molecule is C=CCO[C@@H]1c2ccc3c(c2O[C@@H]2COc4cc(C)c(OC)cc4[C@H]12)C=CC(C)(C)O3.COc1cc2c(cc1C)OC[C@H]1Oc3c(ccc4c3C=CC(C)(C)O4)[C@@H](O)[C@@H]21. The molecule has 6 aliphatic heterocycles. The average molecular weight is 801 g/mol. The molecule has 6 atom stereocenters. The number of rotatable bonds is 5. The summed E-state index contributed by atoms with van der Waals surface area (Å²) in [4.78, 5) is 0. The van der Waals surface area contributed by atoms with Crippen LogP contribution in [0.4, 0.5) is 0 Å². The Labute approximate surface area is 345 Å². The number of methoxy groups -OCH3 is 2. The Morgan fingerprint density at radius 2 is 1.17 bits per heavy atom. The fraction of sp³-hybridized carbons (Fsp3) is 0.388. The third kappa shape index (κ3) is 6.76. The number of hydrogen-bond acceptors (Lipinski definition) is 10. The van der Waals surface area contributed by atoms with Crippen molar-refractivity contribution in [2.45, 2.75) is 89.0 Å². The molecule has 10 rings (SSSR count). The normalized spacial score (nSPS) is 25.0. The third-order valence-electron chi connectivity index (χ3n) is 12.0. The molecule has 10 nitrogen and oxygen atoms in total. The van der Waals surface area contributed by atoms with Crippen LogP contribution in [0.1, 0.15) is 96.2 Å². The monoisotopic (exact) mass is 800 g/mol. The Bertz CT molecular complexity index is 2390. The zero-order chi connectivity index (χ0) is 41.4. The molecule has 0 saturated heterocycles. The van der Waals surface area contributed by atoms with E-state index in [0.717, 1.165) is 84.8 Å². The van der Waals surface area contributed by atoms with E-state index in [4.69, 9.17) is 42.6 Å². The first-order chi connectivity index (χ1) is 28.3. The van der Waals surface area contributed by atoms with Crippen LogP contribution in [0.15, 0.2) is 73.3 Å². The van der Waals surface area contributed by atoms with Crippen molar-refractivity contribution in [1.29, 1.82) is 0 Å². The largest absolute Gasteiger partial charge is 0.496 e. The summed E-state index contributed by atoms with van der Waals surface area (Å²) in [6, 6.07) is 15.9. The second kappa shape index (κ2) is 14.6. The highest BCUT2D eigenvalue weighted by Gasteiger charge is 2.47. The van der Waals surface area contributed by atoms with Gasteiger partial charge in [-0.2, -0.15) is 0 Å². The van der Waals surface area contributed by atoms with Gasteiger partial charge in [-0.15, -0.1) is 6.58 Å². The number of benzene rings is 4. The van der Waals surface area contributed by atoms with Crippen molar-refractivity contribution >= 4 is 12.2 Å². The van der Waals surface area contributed by atoms with E-state index in [-0.39, 0.29) is 41.3 Å². The predicted molar refractivity (Wildman–Crippen MR) is 225 cm³/mol. The Hall–Kier alpha value is -5.58. The van der Waals surface area contributed by atoms with Crippen LogP contribution in [-0.2, 0) is 4.74 Å². The smallest absolute Gasteiger partial charge is 0.142 e. The number of hydrogen-bond donors (Lipinski definition) is 1. The summed E-state index contributed by atoms with van der Waals surface area (Å²) in [5, 5.41) is 11.3. The second-order valence-corrected chi connectivity index (χ2v) is 17.1. The zero-order valence-corrected chi connectivity index (χ0v) is 34.9. The molecule has 0 amide bonds. The first kappa shape index (κ1) is 38.9. The molecule has 0 radical (unpaired) electrons. The van der Waals surface area contributed by atoms with E-state index >= 15 is 0 Å². The van der Waals surface area contributed by atoms with Crippen molar-refractivity contribution in [2.75, 3.05) is 34.0 Å². The molecule has 59 heavy (non-hydrogen) atoms. The summed E-state index contributed by atoms with van der Waals surface area (Å²) in [5.41, 5.74) is 6.92. The maximum absolute atomic E-state index is 11.3. The van der Waals surface area contributed by atoms with E-state index in [2.05, 4.69) is 30.9 Å². The van der Waals surface area contributed by atoms with Gasteiger partial charge in [-0.25, -0.2) is 0 Å². The molecule has 4 aromatic rings.